The van der Waals surface area contributed by atoms with Gasteiger partial charge in [0.15, 0.2) is 0 Å². The molecule has 23 heavy (non-hydrogen) atoms. The maximum atomic E-state index is 12.3. The predicted molar refractivity (Wildman–Crippen MR) is 83.0 cm³/mol. The second-order valence-corrected chi connectivity index (χ2v) is 5.23. The molecular weight excluding hydrogens is 296 g/mol. The quantitative estimate of drug-likeness (QED) is 0.879. The SMILES string of the molecule is COc1ccc2oc(=O)c(C(=O)NC3=C(C#N)CCC3)cc2c1. The molecular formula is C17H14N2O4. The highest BCUT2D eigenvalue weighted by molar-refractivity contribution is 5.97. The van der Waals surface area contributed by atoms with E-state index in [4.69, 9.17) is 14.4 Å². The van der Waals surface area contributed by atoms with Gasteiger partial charge in [-0.1, -0.05) is 0 Å². The van der Waals surface area contributed by atoms with Crippen molar-refractivity contribution in [1.82, 2.24) is 5.32 Å². The number of allylic oxidation sites excluding steroid dienone is 2. The first-order valence-electron chi connectivity index (χ1n) is 7.17. The summed E-state index contributed by atoms with van der Waals surface area (Å²) >= 11 is 0. The number of nitrogens with one attached hydrogen (secondary N) is 1. The van der Waals surface area contributed by atoms with Crippen molar-refractivity contribution in [2.45, 2.75) is 19.3 Å². The molecule has 0 atom stereocenters. The van der Waals surface area contributed by atoms with Gasteiger partial charge in [-0.2, -0.15) is 5.26 Å². The third-order valence-corrected chi connectivity index (χ3v) is 3.80. The van der Waals surface area contributed by atoms with E-state index in [1.165, 1.54) is 13.2 Å². The van der Waals surface area contributed by atoms with Gasteiger partial charge in [-0.25, -0.2) is 4.79 Å². The number of benzene rings is 1. The summed E-state index contributed by atoms with van der Waals surface area (Å²) in [4.78, 5) is 24.3. The van der Waals surface area contributed by atoms with E-state index in [-0.39, 0.29) is 5.56 Å². The van der Waals surface area contributed by atoms with Crippen molar-refractivity contribution in [3.63, 3.8) is 0 Å². The Balaban J connectivity index is 1.98. The summed E-state index contributed by atoms with van der Waals surface area (Å²) in [6.07, 6.45) is 2.10. The minimum Gasteiger partial charge on any atom is -0.497 e. The molecule has 1 N–H and O–H groups in total. The zero-order valence-corrected chi connectivity index (χ0v) is 12.5. The van der Waals surface area contributed by atoms with Gasteiger partial charge in [-0.15, -0.1) is 0 Å². The second-order valence-electron chi connectivity index (χ2n) is 5.23. The Hall–Kier alpha value is -3.07. The molecule has 1 heterocycles. The maximum absolute atomic E-state index is 12.3. The second kappa shape index (κ2) is 5.97. The molecule has 0 aliphatic heterocycles. The normalized spacial score (nSPS) is 13.9. The first-order chi connectivity index (χ1) is 11.1. The Morgan fingerprint density at radius 1 is 1.35 bits per heavy atom. The van der Waals surface area contributed by atoms with Crippen molar-refractivity contribution in [3.8, 4) is 11.8 Å². The predicted octanol–water partition coefficient (Wildman–Crippen LogP) is 2.49. The average Bonchev–Trinajstić information content (AvgIpc) is 3.00. The van der Waals surface area contributed by atoms with Crippen LogP contribution in [0.2, 0.25) is 0 Å². The number of hydrogen-bond acceptors (Lipinski definition) is 5. The molecule has 6 heteroatoms. The number of fused-ring (bicyclic) bond motifs is 1. The summed E-state index contributed by atoms with van der Waals surface area (Å²) < 4.78 is 10.3. The molecule has 1 aliphatic rings. The van der Waals surface area contributed by atoms with Gasteiger partial charge in [-0.3, -0.25) is 4.79 Å². The van der Waals surface area contributed by atoms with Crippen molar-refractivity contribution >= 4 is 16.9 Å². The molecule has 1 aliphatic carbocycles. The Morgan fingerprint density at radius 3 is 2.91 bits per heavy atom. The number of amides is 1. The number of rotatable bonds is 3. The van der Waals surface area contributed by atoms with E-state index in [0.29, 0.717) is 40.8 Å². The molecule has 2 aromatic rings. The van der Waals surface area contributed by atoms with Crippen LogP contribution < -0.4 is 15.7 Å². The fourth-order valence-electron chi connectivity index (χ4n) is 2.60. The van der Waals surface area contributed by atoms with E-state index in [9.17, 15) is 9.59 Å². The summed E-state index contributed by atoms with van der Waals surface area (Å²) in [5, 5.41) is 12.3. The molecule has 0 unspecified atom stereocenters. The Bertz CT molecular complexity index is 918. The average molecular weight is 310 g/mol. The lowest BCUT2D eigenvalue weighted by molar-refractivity contribution is 0.0961. The van der Waals surface area contributed by atoms with Crippen LogP contribution >= 0.6 is 0 Å². The van der Waals surface area contributed by atoms with Crippen LogP contribution in [0, 0.1) is 11.3 Å². The monoisotopic (exact) mass is 310 g/mol. The lowest BCUT2D eigenvalue weighted by Gasteiger charge is -2.07. The van der Waals surface area contributed by atoms with Gasteiger partial charge in [0.25, 0.3) is 5.91 Å². The highest BCUT2D eigenvalue weighted by atomic mass is 16.5. The van der Waals surface area contributed by atoms with Crippen molar-refractivity contribution in [1.29, 1.82) is 5.26 Å². The standard InChI is InChI=1S/C17H14N2O4/c1-22-12-5-6-15-11(7-12)8-13(17(21)23-15)16(20)19-14-4-2-3-10(14)9-18/h5-8H,2-4H2,1H3,(H,19,20). The number of nitriles is 1. The van der Waals surface area contributed by atoms with Crippen LogP contribution in [0.15, 0.2) is 44.7 Å². The maximum Gasteiger partial charge on any atom is 0.349 e. The highest BCUT2D eigenvalue weighted by Gasteiger charge is 2.20. The molecule has 0 spiro atoms. The van der Waals surface area contributed by atoms with E-state index >= 15 is 0 Å². The Kier molecular flexibility index (Phi) is 3.85. The van der Waals surface area contributed by atoms with Crippen LogP contribution in [0.5, 0.6) is 5.75 Å². The summed E-state index contributed by atoms with van der Waals surface area (Å²) in [6, 6.07) is 8.52. The fourth-order valence-corrected chi connectivity index (χ4v) is 2.60. The van der Waals surface area contributed by atoms with Crippen LogP contribution in [-0.2, 0) is 0 Å². The molecule has 3 rings (SSSR count). The number of methoxy groups -OCH3 is 1. The summed E-state index contributed by atoms with van der Waals surface area (Å²) in [6.45, 7) is 0. The summed E-state index contributed by atoms with van der Waals surface area (Å²) in [5.41, 5.74) is 0.720. The van der Waals surface area contributed by atoms with Crippen molar-refractivity contribution in [2.24, 2.45) is 0 Å². The Labute approximate surface area is 132 Å². The molecule has 0 saturated heterocycles. The van der Waals surface area contributed by atoms with Gasteiger partial charge in [0.05, 0.1) is 13.2 Å². The van der Waals surface area contributed by atoms with Gasteiger partial charge in [-0.05, 0) is 43.5 Å². The topological polar surface area (TPSA) is 92.3 Å². The van der Waals surface area contributed by atoms with Gasteiger partial charge in [0.2, 0.25) is 0 Å². The van der Waals surface area contributed by atoms with Crippen molar-refractivity contribution in [3.05, 3.63) is 51.5 Å². The number of nitrogens with zero attached hydrogens (tertiary/aromatic N) is 1. The molecule has 6 nitrogen and oxygen atoms in total. The van der Waals surface area contributed by atoms with Crippen LogP contribution in [0.1, 0.15) is 29.6 Å². The number of carbonyl (C=O) groups excluding carboxylic acids is 1. The van der Waals surface area contributed by atoms with E-state index in [1.54, 1.807) is 18.2 Å². The van der Waals surface area contributed by atoms with Crippen LogP contribution in [0.4, 0.5) is 0 Å². The van der Waals surface area contributed by atoms with E-state index in [0.717, 1.165) is 6.42 Å². The molecule has 0 bridgehead atoms. The molecule has 0 radical (unpaired) electrons. The minimum atomic E-state index is -0.711. The van der Waals surface area contributed by atoms with Gasteiger partial charge >= 0.3 is 5.63 Å². The largest absolute Gasteiger partial charge is 0.497 e. The van der Waals surface area contributed by atoms with E-state index < -0.39 is 11.5 Å². The molecule has 1 aromatic heterocycles. The number of ether oxygens (including phenoxy) is 1. The first-order valence-corrected chi connectivity index (χ1v) is 7.17. The van der Waals surface area contributed by atoms with Gasteiger partial charge in [0.1, 0.15) is 16.9 Å². The lowest BCUT2D eigenvalue weighted by atomic mass is 10.1. The van der Waals surface area contributed by atoms with Crippen molar-refractivity contribution in [2.75, 3.05) is 7.11 Å². The summed E-state index contributed by atoms with van der Waals surface area (Å²) in [5.74, 6) is 0.0381. The van der Waals surface area contributed by atoms with Crippen LogP contribution in [0.3, 0.4) is 0 Å². The fraction of sp³-hybridized carbons (Fsp3) is 0.235. The van der Waals surface area contributed by atoms with E-state index in [2.05, 4.69) is 11.4 Å². The molecule has 116 valence electrons. The molecule has 0 fully saturated rings. The number of hydrogen-bond donors (Lipinski definition) is 1. The third-order valence-electron chi connectivity index (χ3n) is 3.80. The summed E-state index contributed by atoms with van der Waals surface area (Å²) in [7, 11) is 1.53. The molecule has 0 saturated carbocycles. The third kappa shape index (κ3) is 2.81. The van der Waals surface area contributed by atoms with Crippen LogP contribution in [-0.4, -0.2) is 13.0 Å². The first kappa shape index (κ1) is 14.9. The highest BCUT2D eigenvalue weighted by Crippen LogP contribution is 2.24. The zero-order valence-electron chi connectivity index (χ0n) is 12.5. The van der Waals surface area contributed by atoms with Gasteiger partial charge in [0, 0.05) is 16.7 Å². The Morgan fingerprint density at radius 2 is 2.17 bits per heavy atom. The lowest BCUT2D eigenvalue weighted by Crippen LogP contribution is -2.27. The molecule has 1 amide bonds. The smallest absolute Gasteiger partial charge is 0.349 e. The van der Waals surface area contributed by atoms with Gasteiger partial charge < -0.3 is 14.5 Å². The van der Waals surface area contributed by atoms with E-state index in [1.807, 2.05) is 0 Å². The van der Waals surface area contributed by atoms with Crippen LogP contribution in [0.25, 0.3) is 11.0 Å². The van der Waals surface area contributed by atoms with Crippen molar-refractivity contribution < 1.29 is 13.9 Å². The number of carbonyl (C=O) groups is 1. The molecule has 1 aromatic carbocycles. The zero-order chi connectivity index (χ0) is 16.4. The minimum absolute atomic E-state index is 0.0950.